The fourth-order valence-corrected chi connectivity index (χ4v) is 2.90. The second kappa shape index (κ2) is 9.86. The zero-order valence-corrected chi connectivity index (χ0v) is 17.5. The highest BCUT2D eigenvalue weighted by atomic mass is 16.5. The van der Waals surface area contributed by atoms with E-state index in [0.29, 0.717) is 23.1 Å². The molecule has 0 bridgehead atoms. The molecule has 6 heteroatoms. The molecule has 0 saturated carbocycles. The average molecular weight is 402 g/mol. The van der Waals surface area contributed by atoms with Crippen LogP contribution in [0.2, 0.25) is 0 Å². The Kier molecular flexibility index (Phi) is 6.99. The van der Waals surface area contributed by atoms with Crippen LogP contribution in [-0.2, 0) is 6.54 Å². The van der Waals surface area contributed by atoms with Gasteiger partial charge in [-0.05, 0) is 38.0 Å². The van der Waals surface area contributed by atoms with Crippen LogP contribution in [0.1, 0.15) is 43.1 Å². The van der Waals surface area contributed by atoms with Crippen LogP contribution in [-0.4, -0.2) is 23.1 Å². The Labute approximate surface area is 176 Å². The van der Waals surface area contributed by atoms with Crippen molar-refractivity contribution in [2.24, 2.45) is 0 Å². The summed E-state index contributed by atoms with van der Waals surface area (Å²) in [5.74, 6) is 0.371. The Hall–Kier alpha value is -3.43. The van der Waals surface area contributed by atoms with Crippen molar-refractivity contribution in [2.75, 3.05) is 0 Å². The quantitative estimate of drug-likeness (QED) is 0.577. The van der Waals surface area contributed by atoms with E-state index in [9.17, 15) is 4.79 Å². The lowest BCUT2D eigenvalue weighted by Gasteiger charge is -2.11. The van der Waals surface area contributed by atoms with Crippen LogP contribution in [0.4, 0.5) is 0 Å². The van der Waals surface area contributed by atoms with Gasteiger partial charge < -0.3 is 15.2 Å². The smallest absolute Gasteiger partial charge is 0.252 e. The molecule has 1 aromatic heterocycles. The minimum atomic E-state index is -0.553. The van der Waals surface area contributed by atoms with E-state index in [-0.39, 0.29) is 5.91 Å². The first kappa shape index (κ1) is 21.3. The number of carbonyl (C=O) groups excluding carboxylic acids is 1. The number of benzene rings is 2. The van der Waals surface area contributed by atoms with Gasteiger partial charge >= 0.3 is 0 Å². The van der Waals surface area contributed by atoms with Crippen molar-refractivity contribution in [3.8, 4) is 28.7 Å². The highest BCUT2D eigenvalue weighted by Crippen LogP contribution is 2.27. The molecule has 0 radical (unpaired) electrons. The van der Waals surface area contributed by atoms with Gasteiger partial charge in [-0.15, -0.1) is 0 Å². The summed E-state index contributed by atoms with van der Waals surface area (Å²) in [6, 6.07) is 19.1. The third-order valence-electron chi connectivity index (χ3n) is 4.98. The minimum Gasteiger partial charge on any atom is -0.356 e. The molecule has 0 aliphatic carbocycles. The van der Waals surface area contributed by atoms with E-state index in [1.54, 1.807) is 25.1 Å². The summed E-state index contributed by atoms with van der Waals surface area (Å²) in [6.45, 7) is 6.80. The molecule has 30 heavy (non-hydrogen) atoms. The van der Waals surface area contributed by atoms with Crippen molar-refractivity contribution in [1.29, 1.82) is 5.26 Å². The van der Waals surface area contributed by atoms with Crippen LogP contribution in [0.25, 0.3) is 22.6 Å². The number of carbonyl (C=O) groups is 1. The molecule has 0 aliphatic rings. The van der Waals surface area contributed by atoms with Crippen LogP contribution < -0.4 is 10.6 Å². The van der Waals surface area contributed by atoms with Gasteiger partial charge in [0.25, 0.3) is 5.91 Å². The molecule has 2 N–H and O–H groups in total. The number of nitriles is 1. The molecule has 1 amide bonds. The maximum atomic E-state index is 12.3. The van der Waals surface area contributed by atoms with E-state index < -0.39 is 6.04 Å². The van der Waals surface area contributed by atoms with E-state index in [0.717, 1.165) is 24.1 Å². The minimum absolute atomic E-state index is 0.295. The van der Waals surface area contributed by atoms with Gasteiger partial charge in [0.1, 0.15) is 11.7 Å². The van der Waals surface area contributed by atoms with Crippen LogP contribution in [0, 0.1) is 11.3 Å². The molecule has 3 rings (SSSR count). The summed E-state index contributed by atoms with van der Waals surface area (Å²) in [5.41, 5.74) is 4.05. The van der Waals surface area contributed by atoms with Crippen molar-refractivity contribution >= 4 is 5.91 Å². The Morgan fingerprint density at radius 2 is 1.90 bits per heavy atom. The fourth-order valence-electron chi connectivity index (χ4n) is 2.90. The maximum absolute atomic E-state index is 12.3. The van der Waals surface area contributed by atoms with Crippen LogP contribution in [0.5, 0.6) is 0 Å². The molecule has 0 fully saturated rings. The van der Waals surface area contributed by atoms with Gasteiger partial charge in [0.05, 0.1) is 6.07 Å². The van der Waals surface area contributed by atoms with Crippen LogP contribution >= 0.6 is 0 Å². The van der Waals surface area contributed by atoms with Gasteiger partial charge in [-0.1, -0.05) is 48.5 Å². The highest BCUT2D eigenvalue weighted by molar-refractivity contribution is 5.95. The first-order chi connectivity index (χ1) is 14.5. The summed E-state index contributed by atoms with van der Waals surface area (Å²) in [7, 11) is 0. The van der Waals surface area contributed by atoms with Crippen molar-refractivity contribution in [1.82, 2.24) is 15.8 Å². The number of aromatic nitrogens is 1. The van der Waals surface area contributed by atoms with Gasteiger partial charge in [0.15, 0.2) is 5.76 Å². The SMILES string of the molecule is CCC(C)NCc1ccc(-c2cc(-c3cccc(C(=O)NC(C)C#N)c3)no2)cc1. The molecule has 0 saturated heterocycles. The first-order valence-corrected chi connectivity index (χ1v) is 10.1. The second-order valence-corrected chi connectivity index (χ2v) is 7.37. The zero-order chi connectivity index (χ0) is 21.5. The zero-order valence-electron chi connectivity index (χ0n) is 17.5. The van der Waals surface area contributed by atoms with E-state index in [4.69, 9.17) is 9.78 Å². The van der Waals surface area contributed by atoms with E-state index in [2.05, 4.69) is 41.8 Å². The molecule has 6 nitrogen and oxygen atoms in total. The van der Waals surface area contributed by atoms with Gasteiger partial charge in [-0.3, -0.25) is 4.79 Å². The van der Waals surface area contributed by atoms with E-state index >= 15 is 0 Å². The molecule has 3 aromatic rings. The number of nitrogens with one attached hydrogen (secondary N) is 2. The fraction of sp³-hybridized carbons (Fsp3) is 0.292. The summed E-state index contributed by atoms with van der Waals surface area (Å²) in [5, 5.41) is 19.1. The van der Waals surface area contributed by atoms with E-state index in [1.165, 1.54) is 5.56 Å². The third-order valence-corrected chi connectivity index (χ3v) is 4.98. The molecule has 2 unspecified atom stereocenters. The van der Waals surface area contributed by atoms with Crippen molar-refractivity contribution in [2.45, 2.75) is 45.8 Å². The first-order valence-electron chi connectivity index (χ1n) is 10.1. The summed E-state index contributed by atoms with van der Waals surface area (Å²) in [6.07, 6.45) is 1.10. The lowest BCUT2D eigenvalue weighted by molar-refractivity contribution is 0.0948. The summed E-state index contributed by atoms with van der Waals surface area (Å²) in [4.78, 5) is 12.3. The van der Waals surface area contributed by atoms with Crippen LogP contribution in [0.3, 0.4) is 0 Å². The number of hydrogen-bond donors (Lipinski definition) is 2. The molecule has 0 aliphatic heterocycles. The van der Waals surface area contributed by atoms with E-state index in [1.807, 2.05) is 30.3 Å². The standard InChI is InChI=1S/C24H26N4O2/c1-4-16(2)26-15-18-8-10-19(11-9-18)23-13-22(28-30-23)20-6-5-7-21(12-20)24(29)27-17(3)14-25/h5-13,16-17,26H,4,15H2,1-3H3,(H,27,29). The lowest BCUT2D eigenvalue weighted by atomic mass is 10.1. The molecule has 154 valence electrons. The van der Waals surface area contributed by atoms with Gasteiger partial charge in [-0.25, -0.2) is 0 Å². The molecular formula is C24H26N4O2. The number of rotatable bonds is 8. The second-order valence-electron chi connectivity index (χ2n) is 7.37. The Morgan fingerprint density at radius 3 is 2.60 bits per heavy atom. The van der Waals surface area contributed by atoms with Crippen molar-refractivity contribution in [3.63, 3.8) is 0 Å². The Bertz CT molecular complexity index is 1030. The van der Waals surface area contributed by atoms with Gasteiger partial charge in [0, 0.05) is 35.3 Å². The van der Waals surface area contributed by atoms with Gasteiger partial charge in [0.2, 0.25) is 0 Å². The third kappa shape index (κ3) is 5.34. The highest BCUT2D eigenvalue weighted by Gasteiger charge is 2.13. The Balaban J connectivity index is 1.73. The topological polar surface area (TPSA) is 91.0 Å². The van der Waals surface area contributed by atoms with Crippen molar-refractivity contribution < 1.29 is 9.32 Å². The number of nitrogens with zero attached hydrogens (tertiary/aromatic N) is 2. The predicted octanol–water partition coefficient (Wildman–Crippen LogP) is 4.54. The predicted molar refractivity (Wildman–Crippen MR) is 117 cm³/mol. The monoisotopic (exact) mass is 402 g/mol. The lowest BCUT2D eigenvalue weighted by Crippen LogP contribution is -2.31. The molecule has 1 heterocycles. The number of hydrogen-bond acceptors (Lipinski definition) is 5. The molecular weight excluding hydrogens is 376 g/mol. The largest absolute Gasteiger partial charge is 0.356 e. The normalized spacial score (nSPS) is 12.7. The Morgan fingerprint density at radius 1 is 1.13 bits per heavy atom. The molecule has 2 atom stereocenters. The maximum Gasteiger partial charge on any atom is 0.252 e. The molecule has 0 spiro atoms. The summed E-state index contributed by atoms with van der Waals surface area (Å²) < 4.78 is 5.53. The van der Waals surface area contributed by atoms with Crippen molar-refractivity contribution in [3.05, 3.63) is 65.7 Å². The number of amides is 1. The van der Waals surface area contributed by atoms with Gasteiger partial charge in [-0.2, -0.15) is 5.26 Å². The van der Waals surface area contributed by atoms with Crippen LogP contribution in [0.15, 0.2) is 59.1 Å². The summed E-state index contributed by atoms with van der Waals surface area (Å²) >= 11 is 0. The average Bonchev–Trinajstić information content (AvgIpc) is 3.28. The molecule has 2 aromatic carbocycles.